The predicted octanol–water partition coefficient (Wildman–Crippen LogP) is 4.93. The maximum absolute atomic E-state index is 13.8. The number of methoxy groups -OCH3 is 2. The molecule has 6 heteroatoms. The Bertz CT molecular complexity index is 1090. The van der Waals surface area contributed by atoms with Crippen LogP contribution in [0.2, 0.25) is 0 Å². The summed E-state index contributed by atoms with van der Waals surface area (Å²) in [6, 6.07) is 23.9. The number of amides is 2. The number of carbonyl (C=O) groups excluding carboxylic acids is 2. The van der Waals surface area contributed by atoms with Gasteiger partial charge in [-0.25, -0.2) is 0 Å². The monoisotopic (exact) mass is 474 g/mol. The standard InChI is InChI=1S/C29H34N2O4/c1-4-5-18-30-29(33)28(24-14-10-7-11-15-24)31(21-22-12-8-6-9-13-22)27(32)20-23-16-17-25(34-2)26(19-23)35-3/h6-17,19,28H,4-5,18,20-21H2,1-3H3,(H,30,33)/t28-/m1/s1. The number of benzene rings is 3. The quantitative estimate of drug-likeness (QED) is 0.378. The third kappa shape index (κ3) is 7.09. The molecule has 0 spiro atoms. The summed E-state index contributed by atoms with van der Waals surface area (Å²) < 4.78 is 10.7. The van der Waals surface area contributed by atoms with Gasteiger partial charge in [-0.1, -0.05) is 80.1 Å². The Labute approximate surface area is 207 Å². The maximum Gasteiger partial charge on any atom is 0.247 e. The second kappa shape index (κ2) is 13.2. The van der Waals surface area contributed by atoms with Crippen LogP contribution < -0.4 is 14.8 Å². The fourth-order valence-electron chi connectivity index (χ4n) is 3.96. The first kappa shape index (κ1) is 25.8. The molecule has 0 fully saturated rings. The van der Waals surface area contributed by atoms with Crippen molar-refractivity contribution in [2.75, 3.05) is 20.8 Å². The lowest BCUT2D eigenvalue weighted by molar-refractivity contribution is -0.141. The fraction of sp³-hybridized carbons (Fsp3) is 0.310. The molecule has 0 heterocycles. The minimum absolute atomic E-state index is 0.124. The van der Waals surface area contributed by atoms with Crippen molar-refractivity contribution in [2.24, 2.45) is 0 Å². The Morgan fingerprint density at radius 1 is 0.857 bits per heavy atom. The van der Waals surface area contributed by atoms with Crippen molar-refractivity contribution < 1.29 is 19.1 Å². The minimum atomic E-state index is -0.749. The zero-order valence-electron chi connectivity index (χ0n) is 20.7. The van der Waals surface area contributed by atoms with Gasteiger partial charge in [0.15, 0.2) is 11.5 Å². The molecule has 3 aromatic carbocycles. The SMILES string of the molecule is CCCCNC(=O)[C@@H](c1ccccc1)N(Cc1ccccc1)C(=O)Cc1ccc(OC)c(OC)c1. The van der Waals surface area contributed by atoms with Gasteiger partial charge in [-0.05, 0) is 35.2 Å². The van der Waals surface area contributed by atoms with E-state index < -0.39 is 6.04 Å². The molecule has 6 nitrogen and oxygen atoms in total. The van der Waals surface area contributed by atoms with E-state index in [2.05, 4.69) is 12.2 Å². The van der Waals surface area contributed by atoms with E-state index in [1.165, 1.54) is 0 Å². The van der Waals surface area contributed by atoms with Gasteiger partial charge in [0, 0.05) is 13.1 Å². The van der Waals surface area contributed by atoms with E-state index in [1.54, 1.807) is 31.3 Å². The van der Waals surface area contributed by atoms with Crippen molar-refractivity contribution in [3.05, 3.63) is 95.6 Å². The zero-order valence-corrected chi connectivity index (χ0v) is 20.7. The number of hydrogen-bond acceptors (Lipinski definition) is 4. The van der Waals surface area contributed by atoms with Gasteiger partial charge >= 0.3 is 0 Å². The Balaban J connectivity index is 1.97. The molecule has 3 rings (SSSR count). The van der Waals surface area contributed by atoms with Gasteiger partial charge in [-0.3, -0.25) is 9.59 Å². The molecule has 0 bridgehead atoms. The molecule has 3 aromatic rings. The van der Waals surface area contributed by atoms with Crippen LogP contribution in [0.25, 0.3) is 0 Å². The molecular weight excluding hydrogens is 440 g/mol. The molecule has 0 aromatic heterocycles. The van der Waals surface area contributed by atoms with E-state index in [4.69, 9.17) is 9.47 Å². The lowest BCUT2D eigenvalue weighted by Crippen LogP contribution is -2.44. The molecule has 2 amide bonds. The van der Waals surface area contributed by atoms with Crippen LogP contribution in [0.4, 0.5) is 0 Å². The van der Waals surface area contributed by atoms with Gasteiger partial charge in [-0.15, -0.1) is 0 Å². The molecule has 0 aliphatic rings. The van der Waals surface area contributed by atoms with Crippen molar-refractivity contribution in [3.8, 4) is 11.5 Å². The Morgan fingerprint density at radius 3 is 2.14 bits per heavy atom. The summed E-state index contributed by atoms with van der Waals surface area (Å²) in [6.45, 7) is 2.96. The second-order valence-corrected chi connectivity index (χ2v) is 8.33. The van der Waals surface area contributed by atoms with Crippen molar-refractivity contribution in [1.82, 2.24) is 10.2 Å². The Morgan fingerprint density at radius 2 is 1.51 bits per heavy atom. The van der Waals surface area contributed by atoms with Crippen molar-refractivity contribution in [1.29, 1.82) is 0 Å². The van der Waals surface area contributed by atoms with Crippen LogP contribution in [0.3, 0.4) is 0 Å². The third-order valence-electron chi connectivity index (χ3n) is 5.82. The maximum atomic E-state index is 13.8. The summed E-state index contributed by atoms with van der Waals surface area (Å²) in [5.74, 6) is 0.827. The van der Waals surface area contributed by atoms with Crippen molar-refractivity contribution in [2.45, 2.75) is 38.8 Å². The molecule has 0 aliphatic carbocycles. The molecular formula is C29H34N2O4. The summed E-state index contributed by atoms with van der Waals surface area (Å²) in [5.41, 5.74) is 2.51. The largest absolute Gasteiger partial charge is 0.493 e. The second-order valence-electron chi connectivity index (χ2n) is 8.33. The number of nitrogens with zero attached hydrogens (tertiary/aromatic N) is 1. The highest BCUT2D eigenvalue weighted by Gasteiger charge is 2.31. The predicted molar refractivity (Wildman–Crippen MR) is 137 cm³/mol. The highest BCUT2D eigenvalue weighted by atomic mass is 16.5. The van der Waals surface area contributed by atoms with E-state index in [9.17, 15) is 9.59 Å². The van der Waals surface area contributed by atoms with Crippen LogP contribution in [0.15, 0.2) is 78.9 Å². The van der Waals surface area contributed by atoms with Gasteiger partial charge in [0.05, 0.1) is 20.6 Å². The number of rotatable bonds is 12. The number of ether oxygens (including phenoxy) is 2. The molecule has 0 saturated heterocycles. The zero-order chi connectivity index (χ0) is 25.0. The van der Waals surface area contributed by atoms with Crippen LogP contribution in [0.5, 0.6) is 11.5 Å². The Hall–Kier alpha value is -3.80. The molecule has 0 unspecified atom stereocenters. The number of carbonyl (C=O) groups is 2. The number of unbranched alkanes of at least 4 members (excludes halogenated alkanes) is 1. The average molecular weight is 475 g/mol. The van der Waals surface area contributed by atoms with Crippen LogP contribution in [0.1, 0.15) is 42.5 Å². The van der Waals surface area contributed by atoms with Gasteiger partial charge in [-0.2, -0.15) is 0 Å². The third-order valence-corrected chi connectivity index (χ3v) is 5.82. The lowest BCUT2D eigenvalue weighted by Gasteiger charge is -2.32. The van der Waals surface area contributed by atoms with E-state index in [1.807, 2.05) is 66.7 Å². The molecule has 184 valence electrons. The van der Waals surface area contributed by atoms with Gasteiger partial charge in [0.25, 0.3) is 0 Å². The first-order valence-corrected chi connectivity index (χ1v) is 11.9. The normalized spacial score (nSPS) is 11.4. The minimum Gasteiger partial charge on any atom is -0.493 e. The topological polar surface area (TPSA) is 67.9 Å². The molecule has 0 aliphatic heterocycles. The summed E-state index contributed by atoms with van der Waals surface area (Å²) in [7, 11) is 3.14. The Kier molecular flexibility index (Phi) is 9.72. The first-order chi connectivity index (χ1) is 17.1. The fourth-order valence-corrected chi connectivity index (χ4v) is 3.96. The lowest BCUT2D eigenvalue weighted by atomic mass is 10.0. The highest BCUT2D eigenvalue weighted by Crippen LogP contribution is 2.29. The van der Waals surface area contributed by atoms with Crippen LogP contribution in [-0.4, -0.2) is 37.5 Å². The summed E-state index contributed by atoms with van der Waals surface area (Å²) in [5, 5.41) is 3.03. The average Bonchev–Trinajstić information content (AvgIpc) is 2.89. The first-order valence-electron chi connectivity index (χ1n) is 11.9. The van der Waals surface area contributed by atoms with Crippen LogP contribution in [0, 0.1) is 0 Å². The van der Waals surface area contributed by atoms with Gasteiger partial charge < -0.3 is 19.7 Å². The summed E-state index contributed by atoms with van der Waals surface area (Å²) in [6.07, 6.45) is 1.98. The molecule has 1 atom stereocenters. The van der Waals surface area contributed by atoms with Crippen LogP contribution >= 0.6 is 0 Å². The molecule has 0 radical (unpaired) electrons. The van der Waals surface area contributed by atoms with Gasteiger partial charge in [0.1, 0.15) is 6.04 Å². The molecule has 1 N–H and O–H groups in total. The van der Waals surface area contributed by atoms with E-state index in [0.717, 1.165) is 29.5 Å². The van der Waals surface area contributed by atoms with Crippen LogP contribution in [-0.2, 0) is 22.6 Å². The van der Waals surface area contributed by atoms with Crippen molar-refractivity contribution in [3.63, 3.8) is 0 Å². The van der Waals surface area contributed by atoms with Crippen molar-refractivity contribution >= 4 is 11.8 Å². The van der Waals surface area contributed by atoms with Gasteiger partial charge in [0.2, 0.25) is 11.8 Å². The van der Waals surface area contributed by atoms with E-state index in [-0.39, 0.29) is 18.2 Å². The summed E-state index contributed by atoms with van der Waals surface area (Å²) >= 11 is 0. The smallest absolute Gasteiger partial charge is 0.247 e. The van der Waals surface area contributed by atoms with E-state index >= 15 is 0 Å². The summed E-state index contributed by atoms with van der Waals surface area (Å²) in [4.78, 5) is 28.9. The highest BCUT2D eigenvalue weighted by molar-refractivity contribution is 5.89. The molecule has 35 heavy (non-hydrogen) atoms. The number of hydrogen-bond donors (Lipinski definition) is 1. The number of nitrogens with one attached hydrogen (secondary N) is 1. The van der Waals surface area contributed by atoms with E-state index in [0.29, 0.717) is 24.6 Å². The molecule has 0 saturated carbocycles.